The maximum Gasteiger partial charge on any atom is 0.148 e. The molecule has 0 fully saturated rings. The van der Waals surface area contributed by atoms with E-state index in [1.54, 1.807) is 0 Å². The van der Waals surface area contributed by atoms with E-state index in [-0.39, 0.29) is 10.8 Å². The highest BCUT2D eigenvalue weighted by molar-refractivity contribution is 9.10. The van der Waals surface area contributed by atoms with Crippen LogP contribution in [0.25, 0.3) is 21.9 Å². The van der Waals surface area contributed by atoms with Gasteiger partial charge in [-0.1, -0.05) is 123 Å². The SMILES string of the molecule is C[B]c1ccc(N(c2ccc(Br)cc2)c2cc3c(c4ccccc24)-c2cc4c(cc2C3(C)C)C2C=CC=CC2C4(C)C)cc1. The molecule has 3 aliphatic rings. The van der Waals surface area contributed by atoms with Gasteiger partial charge in [-0.25, -0.2) is 0 Å². The quantitative estimate of drug-likeness (QED) is 0.178. The molecule has 0 bridgehead atoms. The second-order valence-corrected chi connectivity index (χ2v) is 14.6. The normalized spacial score (nSPS) is 19.8. The van der Waals surface area contributed by atoms with Gasteiger partial charge < -0.3 is 4.90 Å². The predicted octanol–water partition coefficient (Wildman–Crippen LogP) is 10.9. The molecule has 1 radical (unpaired) electrons. The first-order chi connectivity index (χ1) is 21.2. The molecule has 0 saturated heterocycles. The second-order valence-electron chi connectivity index (χ2n) is 13.7. The average Bonchev–Trinajstić information content (AvgIpc) is 3.41. The lowest BCUT2D eigenvalue weighted by Gasteiger charge is -2.30. The first-order valence-electron chi connectivity index (χ1n) is 15.8. The maximum atomic E-state index is 3.66. The molecule has 44 heavy (non-hydrogen) atoms. The van der Waals surface area contributed by atoms with Gasteiger partial charge in [0, 0.05) is 32.6 Å². The van der Waals surface area contributed by atoms with Crippen molar-refractivity contribution >= 4 is 56.5 Å². The van der Waals surface area contributed by atoms with Gasteiger partial charge in [-0.3, -0.25) is 0 Å². The summed E-state index contributed by atoms with van der Waals surface area (Å²) in [5.41, 5.74) is 13.3. The Morgan fingerprint density at radius 1 is 0.705 bits per heavy atom. The predicted molar refractivity (Wildman–Crippen MR) is 193 cm³/mol. The van der Waals surface area contributed by atoms with Crippen LogP contribution in [-0.2, 0) is 10.8 Å². The highest BCUT2D eigenvalue weighted by Crippen LogP contribution is 2.59. The lowest BCUT2D eigenvalue weighted by Crippen LogP contribution is -2.24. The summed E-state index contributed by atoms with van der Waals surface area (Å²) in [7, 11) is 2.15. The zero-order valence-corrected chi connectivity index (χ0v) is 27.6. The van der Waals surface area contributed by atoms with Gasteiger partial charge in [0.25, 0.3) is 0 Å². The molecule has 5 aromatic rings. The molecule has 0 heterocycles. The Kier molecular flexibility index (Phi) is 6.20. The van der Waals surface area contributed by atoms with Gasteiger partial charge in [-0.05, 0) is 98.6 Å². The van der Waals surface area contributed by atoms with Crippen LogP contribution in [0.1, 0.15) is 55.9 Å². The number of halogens is 1. The topological polar surface area (TPSA) is 3.24 Å². The molecule has 3 heteroatoms. The molecular weight excluding hydrogens is 597 g/mol. The van der Waals surface area contributed by atoms with E-state index < -0.39 is 0 Å². The first kappa shape index (κ1) is 27.7. The molecule has 215 valence electrons. The third-order valence-corrected chi connectivity index (χ3v) is 11.2. The van der Waals surface area contributed by atoms with Crippen molar-refractivity contribution in [3.05, 3.63) is 142 Å². The summed E-state index contributed by atoms with van der Waals surface area (Å²) in [4.78, 5) is 2.43. The number of fused-ring (bicyclic) bond motifs is 8. The lowest BCUT2D eigenvalue weighted by atomic mass is 9.73. The minimum Gasteiger partial charge on any atom is -0.310 e. The van der Waals surface area contributed by atoms with E-state index in [4.69, 9.17) is 0 Å². The Morgan fingerprint density at radius 2 is 1.36 bits per heavy atom. The summed E-state index contributed by atoms with van der Waals surface area (Å²) in [6.07, 6.45) is 9.33. The van der Waals surface area contributed by atoms with E-state index in [1.807, 2.05) is 0 Å². The van der Waals surface area contributed by atoms with Crippen molar-refractivity contribution in [1.29, 1.82) is 0 Å². The summed E-state index contributed by atoms with van der Waals surface area (Å²) in [5.74, 6) is 0.946. The molecule has 0 aliphatic heterocycles. The molecule has 3 aliphatic carbocycles. The number of hydrogen-bond acceptors (Lipinski definition) is 1. The smallest absolute Gasteiger partial charge is 0.148 e. The van der Waals surface area contributed by atoms with E-state index in [0.717, 1.165) is 15.8 Å². The van der Waals surface area contributed by atoms with Gasteiger partial charge in [-0.15, -0.1) is 0 Å². The molecule has 0 spiro atoms. The van der Waals surface area contributed by atoms with Crippen LogP contribution in [0, 0.1) is 5.92 Å². The number of anilines is 3. The molecule has 1 nitrogen and oxygen atoms in total. The third kappa shape index (κ3) is 3.91. The second kappa shape index (κ2) is 9.84. The number of nitrogens with zero attached hydrogens (tertiary/aromatic N) is 1. The van der Waals surface area contributed by atoms with Gasteiger partial charge in [0.1, 0.15) is 7.28 Å². The van der Waals surface area contributed by atoms with Crippen LogP contribution in [0.15, 0.2) is 120 Å². The summed E-state index contributed by atoms with van der Waals surface area (Å²) in [5, 5.41) is 2.59. The molecular formula is C41H36BBrN. The Hall–Kier alpha value is -3.82. The van der Waals surface area contributed by atoms with E-state index in [9.17, 15) is 0 Å². The fourth-order valence-corrected chi connectivity index (χ4v) is 8.51. The van der Waals surface area contributed by atoms with E-state index in [0.29, 0.717) is 11.8 Å². The van der Waals surface area contributed by atoms with Crippen LogP contribution in [-0.4, -0.2) is 7.28 Å². The summed E-state index contributed by atoms with van der Waals surface area (Å²) < 4.78 is 1.08. The molecule has 2 unspecified atom stereocenters. The van der Waals surface area contributed by atoms with Crippen molar-refractivity contribution in [3.8, 4) is 11.1 Å². The minimum atomic E-state index is -0.138. The van der Waals surface area contributed by atoms with Crippen molar-refractivity contribution in [2.75, 3.05) is 4.90 Å². The van der Waals surface area contributed by atoms with Crippen LogP contribution in [0.5, 0.6) is 0 Å². The zero-order valence-electron chi connectivity index (χ0n) is 26.0. The minimum absolute atomic E-state index is 0.0827. The molecule has 2 atom stereocenters. The summed E-state index contributed by atoms with van der Waals surface area (Å²) >= 11 is 3.66. The largest absolute Gasteiger partial charge is 0.310 e. The molecule has 5 aromatic carbocycles. The summed E-state index contributed by atoms with van der Waals surface area (Å²) in [6, 6.07) is 34.3. The Bertz CT molecular complexity index is 2010. The van der Waals surface area contributed by atoms with E-state index in [1.165, 1.54) is 55.3 Å². The number of allylic oxidation sites excluding steroid dienone is 4. The van der Waals surface area contributed by atoms with E-state index >= 15 is 0 Å². The average molecular weight is 633 g/mol. The lowest BCUT2D eigenvalue weighted by molar-refractivity contribution is 0.394. The maximum absolute atomic E-state index is 3.66. The van der Waals surface area contributed by atoms with Gasteiger partial charge >= 0.3 is 0 Å². The zero-order chi connectivity index (χ0) is 30.4. The number of benzene rings is 5. The summed E-state index contributed by atoms with van der Waals surface area (Å²) in [6.45, 7) is 11.8. The third-order valence-electron chi connectivity index (χ3n) is 10.7. The Balaban J connectivity index is 1.40. The molecule has 0 saturated carbocycles. The van der Waals surface area contributed by atoms with Gasteiger partial charge in [0.15, 0.2) is 0 Å². The van der Waals surface area contributed by atoms with Crippen LogP contribution in [0.3, 0.4) is 0 Å². The van der Waals surface area contributed by atoms with Gasteiger partial charge in [0.2, 0.25) is 0 Å². The van der Waals surface area contributed by atoms with E-state index in [2.05, 4.69) is 178 Å². The Morgan fingerprint density at radius 3 is 2.07 bits per heavy atom. The molecule has 0 N–H and O–H groups in total. The molecule has 0 aromatic heterocycles. The van der Waals surface area contributed by atoms with Gasteiger partial charge in [-0.2, -0.15) is 0 Å². The molecule has 8 rings (SSSR count). The van der Waals surface area contributed by atoms with Gasteiger partial charge in [0.05, 0.1) is 5.69 Å². The molecule has 0 amide bonds. The van der Waals surface area contributed by atoms with Crippen molar-refractivity contribution in [2.45, 2.75) is 51.3 Å². The fourth-order valence-electron chi connectivity index (χ4n) is 8.25. The highest BCUT2D eigenvalue weighted by Gasteiger charge is 2.47. The Labute approximate surface area is 270 Å². The first-order valence-corrected chi connectivity index (χ1v) is 16.5. The number of rotatable bonds is 4. The standard InChI is InChI=1S/C41H36BBrN/c1-40(2)34-13-9-8-10-29(34)32-22-36-33(23-35(32)40)39-31-12-7-6-11-30(31)38(24-37(39)41(36,3)4)44(28-20-16-26(43)17-21-28)27-18-14-25(42-5)15-19-27/h6-24,29,34H,1-5H3. The monoisotopic (exact) mass is 632 g/mol. The van der Waals surface area contributed by atoms with Crippen molar-refractivity contribution in [2.24, 2.45) is 5.92 Å². The van der Waals surface area contributed by atoms with Crippen molar-refractivity contribution in [3.63, 3.8) is 0 Å². The van der Waals surface area contributed by atoms with Crippen molar-refractivity contribution in [1.82, 2.24) is 0 Å². The van der Waals surface area contributed by atoms with Crippen LogP contribution in [0.4, 0.5) is 17.1 Å². The van der Waals surface area contributed by atoms with Crippen LogP contribution in [0.2, 0.25) is 6.82 Å². The number of hydrogen-bond donors (Lipinski definition) is 0. The fraction of sp³-hybridized carbons (Fsp3) is 0.220. The highest BCUT2D eigenvalue weighted by atomic mass is 79.9. The van der Waals surface area contributed by atoms with Crippen LogP contribution >= 0.6 is 15.9 Å². The van der Waals surface area contributed by atoms with Crippen molar-refractivity contribution < 1.29 is 0 Å². The van der Waals surface area contributed by atoms with Crippen LogP contribution < -0.4 is 10.4 Å².